The van der Waals surface area contributed by atoms with Crippen LogP contribution in [-0.4, -0.2) is 26.0 Å². The van der Waals surface area contributed by atoms with Crippen LogP contribution in [0.2, 0.25) is 0 Å². The normalized spacial score (nSPS) is 15.1. The Balaban J connectivity index is 3.63. The van der Waals surface area contributed by atoms with E-state index in [9.17, 15) is 8.42 Å². The van der Waals surface area contributed by atoms with Gasteiger partial charge in [0.05, 0.1) is 5.75 Å². The lowest BCUT2D eigenvalue weighted by Gasteiger charge is -2.26. The number of hydrogen-bond acceptors (Lipinski definition) is 3. The number of nitrogens with two attached hydrogens (primary N) is 1. The fourth-order valence-corrected chi connectivity index (χ4v) is 2.37. The number of hydrogen-bond donors (Lipinski definition) is 1. The molecular formula is C12H27NO2S. The molecule has 16 heavy (non-hydrogen) atoms. The van der Waals surface area contributed by atoms with E-state index in [4.69, 9.17) is 5.73 Å². The lowest BCUT2D eigenvalue weighted by molar-refractivity contribution is 0.299. The predicted octanol–water partition coefficient (Wildman–Crippen LogP) is 2.35. The highest BCUT2D eigenvalue weighted by atomic mass is 32.2. The van der Waals surface area contributed by atoms with Crippen LogP contribution in [0.5, 0.6) is 0 Å². The maximum Gasteiger partial charge on any atom is 0.150 e. The molecule has 0 aliphatic heterocycles. The Hall–Kier alpha value is -0.0900. The van der Waals surface area contributed by atoms with Gasteiger partial charge in [-0.2, -0.15) is 0 Å². The number of sulfone groups is 1. The van der Waals surface area contributed by atoms with Gasteiger partial charge in [-0.05, 0) is 18.3 Å². The summed E-state index contributed by atoms with van der Waals surface area (Å²) in [7, 11) is -2.78. The Bertz CT molecular complexity index is 278. The third kappa shape index (κ3) is 7.23. The van der Waals surface area contributed by atoms with Crippen molar-refractivity contribution in [2.24, 2.45) is 11.1 Å². The molecule has 0 saturated carbocycles. The Morgan fingerprint density at radius 1 is 1.12 bits per heavy atom. The molecule has 0 heterocycles. The fourth-order valence-electron chi connectivity index (χ4n) is 1.44. The molecule has 0 aromatic heterocycles. The van der Waals surface area contributed by atoms with Gasteiger partial charge in [0.25, 0.3) is 0 Å². The van der Waals surface area contributed by atoms with Crippen molar-refractivity contribution in [2.45, 2.75) is 59.4 Å². The second kappa shape index (κ2) is 6.60. The van der Waals surface area contributed by atoms with E-state index in [0.29, 0.717) is 5.75 Å². The lowest BCUT2D eigenvalue weighted by atomic mass is 9.84. The van der Waals surface area contributed by atoms with Gasteiger partial charge < -0.3 is 5.73 Å². The summed E-state index contributed by atoms with van der Waals surface area (Å²) >= 11 is 0. The van der Waals surface area contributed by atoms with E-state index in [2.05, 4.69) is 20.8 Å². The van der Waals surface area contributed by atoms with Crippen LogP contribution in [0.4, 0.5) is 0 Å². The van der Waals surface area contributed by atoms with Crippen molar-refractivity contribution in [3.05, 3.63) is 0 Å². The van der Waals surface area contributed by atoms with Gasteiger partial charge in [-0.3, -0.25) is 0 Å². The molecule has 0 spiro atoms. The molecule has 0 amide bonds. The Morgan fingerprint density at radius 3 is 2.12 bits per heavy atom. The molecule has 0 rings (SSSR count). The maximum atomic E-state index is 11.2. The lowest BCUT2D eigenvalue weighted by Crippen LogP contribution is -2.34. The largest absolute Gasteiger partial charge is 0.327 e. The molecule has 1 unspecified atom stereocenters. The topological polar surface area (TPSA) is 60.2 Å². The first-order valence-corrected chi connectivity index (χ1v) is 7.97. The van der Waals surface area contributed by atoms with Gasteiger partial charge in [-0.15, -0.1) is 0 Å². The molecule has 0 fully saturated rings. The fraction of sp³-hybridized carbons (Fsp3) is 1.00. The van der Waals surface area contributed by atoms with Crippen LogP contribution in [0.3, 0.4) is 0 Å². The summed E-state index contributed by atoms with van der Waals surface area (Å²) in [6, 6.07) is 0.204. The summed E-state index contributed by atoms with van der Waals surface area (Å²) in [6.45, 7) is 8.11. The van der Waals surface area contributed by atoms with Crippen molar-refractivity contribution < 1.29 is 8.42 Å². The van der Waals surface area contributed by atoms with E-state index in [0.717, 1.165) is 25.7 Å². The van der Waals surface area contributed by atoms with Crippen LogP contribution in [0.15, 0.2) is 0 Å². The van der Waals surface area contributed by atoms with Crippen LogP contribution in [0, 0.1) is 5.41 Å². The van der Waals surface area contributed by atoms with Gasteiger partial charge in [0, 0.05) is 11.8 Å². The van der Waals surface area contributed by atoms with Crippen LogP contribution < -0.4 is 5.73 Å². The first-order valence-electron chi connectivity index (χ1n) is 6.15. The van der Waals surface area contributed by atoms with Crippen LogP contribution in [0.1, 0.15) is 53.4 Å². The molecule has 1 atom stereocenters. The molecule has 0 radical (unpaired) electrons. The highest BCUT2D eigenvalue weighted by Crippen LogP contribution is 2.21. The molecule has 98 valence electrons. The minimum Gasteiger partial charge on any atom is -0.327 e. The van der Waals surface area contributed by atoms with E-state index in [1.807, 2.05) is 0 Å². The molecule has 2 N–H and O–H groups in total. The van der Waals surface area contributed by atoms with E-state index >= 15 is 0 Å². The quantitative estimate of drug-likeness (QED) is 0.705. The van der Waals surface area contributed by atoms with E-state index in [-0.39, 0.29) is 17.2 Å². The van der Waals surface area contributed by atoms with Crippen molar-refractivity contribution >= 4 is 9.84 Å². The Labute approximate surface area is 101 Å². The van der Waals surface area contributed by atoms with Gasteiger partial charge in [-0.1, -0.05) is 40.5 Å². The summed E-state index contributed by atoms with van der Waals surface area (Å²) in [5.41, 5.74) is 6.17. The first-order chi connectivity index (χ1) is 7.19. The molecule has 0 aromatic carbocycles. The van der Waals surface area contributed by atoms with Gasteiger partial charge in [0.1, 0.15) is 9.84 Å². The summed E-state index contributed by atoms with van der Waals surface area (Å²) in [6.07, 6.45) is 3.74. The number of unbranched alkanes of at least 4 members (excludes halogenated alkanes) is 2. The van der Waals surface area contributed by atoms with Crippen LogP contribution in [-0.2, 0) is 9.84 Å². The summed E-state index contributed by atoms with van der Waals surface area (Å²) in [4.78, 5) is 0. The first kappa shape index (κ1) is 15.9. The summed E-state index contributed by atoms with van der Waals surface area (Å²) < 4.78 is 22.5. The highest BCUT2D eigenvalue weighted by molar-refractivity contribution is 7.91. The minimum atomic E-state index is -2.78. The van der Waals surface area contributed by atoms with Crippen LogP contribution in [0.25, 0.3) is 0 Å². The van der Waals surface area contributed by atoms with Crippen molar-refractivity contribution in [3.8, 4) is 0 Å². The zero-order valence-corrected chi connectivity index (χ0v) is 11.9. The van der Waals surface area contributed by atoms with Crippen molar-refractivity contribution in [1.29, 1.82) is 0 Å². The standard InChI is InChI=1S/C12H27NO2S/c1-5-16(14,15)10-8-6-7-9-11(13)12(2,3)4/h11H,5-10,13H2,1-4H3. The molecule has 4 heteroatoms. The second-order valence-corrected chi connectivity index (χ2v) is 8.03. The number of rotatable bonds is 7. The SMILES string of the molecule is CCS(=O)(=O)CCCCCC(N)C(C)(C)C. The zero-order valence-electron chi connectivity index (χ0n) is 11.1. The van der Waals surface area contributed by atoms with Gasteiger partial charge in [0.15, 0.2) is 0 Å². The van der Waals surface area contributed by atoms with E-state index in [1.54, 1.807) is 6.92 Å². The predicted molar refractivity (Wildman–Crippen MR) is 70.2 cm³/mol. The van der Waals surface area contributed by atoms with E-state index < -0.39 is 9.84 Å². The van der Waals surface area contributed by atoms with Crippen molar-refractivity contribution in [3.63, 3.8) is 0 Å². The molecule has 0 aliphatic rings. The van der Waals surface area contributed by atoms with Crippen LogP contribution >= 0.6 is 0 Å². The van der Waals surface area contributed by atoms with Gasteiger partial charge >= 0.3 is 0 Å². The summed E-state index contributed by atoms with van der Waals surface area (Å²) in [5, 5.41) is 0. The third-order valence-electron chi connectivity index (χ3n) is 3.02. The molecular weight excluding hydrogens is 222 g/mol. The molecule has 3 nitrogen and oxygen atoms in total. The molecule has 0 aliphatic carbocycles. The van der Waals surface area contributed by atoms with Crippen molar-refractivity contribution in [1.82, 2.24) is 0 Å². The van der Waals surface area contributed by atoms with Crippen molar-refractivity contribution in [2.75, 3.05) is 11.5 Å². The second-order valence-electron chi connectivity index (χ2n) is 5.56. The van der Waals surface area contributed by atoms with Gasteiger partial charge in [0.2, 0.25) is 0 Å². The average molecular weight is 249 g/mol. The maximum absolute atomic E-state index is 11.2. The summed E-state index contributed by atoms with van der Waals surface area (Å²) in [5.74, 6) is 0.586. The Morgan fingerprint density at radius 2 is 1.69 bits per heavy atom. The smallest absolute Gasteiger partial charge is 0.150 e. The zero-order chi connectivity index (χ0) is 12.8. The Kier molecular flexibility index (Phi) is 6.56. The van der Waals surface area contributed by atoms with E-state index in [1.165, 1.54) is 0 Å². The molecule has 0 aromatic rings. The monoisotopic (exact) mass is 249 g/mol. The minimum absolute atomic E-state index is 0.148. The average Bonchev–Trinajstić information content (AvgIpc) is 2.15. The van der Waals surface area contributed by atoms with Gasteiger partial charge in [-0.25, -0.2) is 8.42 Å². The highest BCUT2D eigenvalue weighted by Gasteiger charge is 2.19. The molecule has 0 saturated heterocycles. The molecule has 0 bridgehead atoms. The third-order valence-corrected chi connectivity index (χ3v) is 4.81.